The van der Waals surface area contributed by atoms with E-state index in [9.17, 15) is 17.2 Å². The quantitative estimate of drug-likeness (QED) is 0.765. The zero-order valence-corrected chi connectivity index (χ0v) is 9.40. The molecule has 0 fully saturated rings. The van der Waals surface area contributed by atoms with E-state index in [2.05, 4.69) is 0 Å². The summed E-state index contributed by atoms with van der Waals surface area (Å²) in [5.41, 5.74) is 0.238. The summed E-state index contributed by atoms with van der Waals surface area (Å²) in [6.45, 7) is 5.40. The second-order valence-electron chi connectivity index (χ2n) is 2.53. The number of rotatable bonds is 1. The first-order valence-corrected chi connectivity index (χ1v) is 5.69. The number of aryl methyl sites for hydroxylation is 1. The van der Waals surface area contributed by atoms with E-state index in [1.54, 1.807) is 0 Å². The molecule has 1 aromatic carbocycles. The minimum atomic E-state index is -4.83. The van der Waals surface area contributed by atoms with Crippen molar-refractivity contribution in [1.82, 2.24) is 0 Å². The molecular formula is C9H12F2O3S. The van der Waals surface area contributed by atoms with E-state index in [1.807, 2.05) is 13.8 Å². The van der Waals surface area contributed by atoms with Crippen molar-refractivity contribution in [2.75, 3.05) is 0 Å². The molecule has 0 aliphatic heterocycles. The highest BCUT2D eigenvalue weighted by Gasteiger charge is 2.21. The Labute approximate surface area is 87.5 Å². The molecule has 0 aromatic heterocycles. The molecule has 86 valence electrons. The second-order valence-corrected chi connectivity index (χ2v) is 3.89. The highest BCUT2D eigenvalue weighted by Crippen LogP contribution is 2.19. The van der Waals surface area contributed by atoms with Crippen molar-refractivity contribution in [3.05, 3.63) is 29.3 Å². The van der Waals surface area contributed by atoms with Crippen molar-refractivity contribution in [3.8, 4) is 0 Å². The van der Waals surface area contributed by atoms with Gasteiger partial charge in [0, 0.05) is 0 Å². The molecule has 6 heteroatoms. The standard InChI is InChI=1S/C7H6F2O3S.C2H6/c1-4-2-5(8)7(6(9)3-4)13(10,11)12;1-2/h2-3H,1H3,(H,10,11,12);1-2H3. The van der Waals surface area contributed by atoms with Gasteiger partial charge in [0.1, 0.15) is 11.6 Å². The summed E-state index contributed by atoms with van der Waals surface area (Å²) in [5.74, 6) is -2.58. The normalized spacial score (nSPS) is 10.5. The first-order chi connectivity index (χ1) is 6.82. The Morgan fingerprint density at radius 3 is 1.73 bits per heavy atom. The smallest absolute Gasteiger partial charge is 0.282 e. The number of hydrogen-bond donors (Lipinski definition) is 1. The Balaban J connectivity index is 0.000000921. The average molecular weight is 238 g/mol. The molecule has 1 rings (SSSR count). The molecule has 0 saturated heterocycles. The third-order valence-electron chi connectivity index (χ3n) is 1.40. The Kier molecular flexibility index (Phi) is 4.83. The van der Waals surface area contributed by atoms with Gasteiger partial charge in [0.15, 0.2) is 4.90 Å². The first-order valence-electron chi connectivity index (χ1n) is 4.25. The van der Waals surface area contributed by atoms with Crippen LogP contribution in [0, 0.1) is 18.6 Å². The van der Waals surface area contributed by atoms with Crippen LogP contribution >= 0.6 is 0 Å². The van der Waals surface area contributed by atoms with Gasteiger partial charge in [0.25, 0.3) is 10.1 Å². The lowest BCUT2D eigenvalue weighted by molar-refractivity contribution is 0.456. The highest BCUT2D eigenvalue weighted by molar-refractivity contribution is 7.85. The lowest BCUT2D eigenvalue weighted by Crippen LogP contribution is -2.05. The molecule has 15 heavy (non-hydrogen) atoms. The van der Waals surface area contributed by atoms with Crippen LogP contribution in [0.4, 0.5) is 8.78 Å². The minimum Gasteiger partial charge on any atom is -0.282 e. The highest BCUT2D eigenvalue weighted by atomic mass is 32.2. The minimum absolute atomic E-state index is 0.238. The molecule has 0 bridgehead atoms. The van der Waals surface area contributed by atoms with Crippen LogP contribution in [0.25, 0.3) is 0 Å². The van der Waals surface area contributed by atoms with Crippen molar-refractivity contribution in [2.24, 2.45) is 0 Å². The molecule has 0 aliphatic carbocycles. The first kappa shape index (κ1) is 14.0. The summed E-state index contributed by atoms with van der Waals surface area (Å²) in [5, 5.41) is 0. The molecule has 0 saturated carbocycles. The van der Waals surface area contributed by atoms with Gasteiger partial charge in [-0.25, -0.2) is 8.78 Å². The van der Waals surface area contributed by atoms with Gasteiger partial charge >= 0.3 is 0 Å². The maximum Gasteiger partial charge on any atom is 0.300 e. The van der Waals surface area contributed by atoms with Gasteiger partial charge in [0.2, 0.25) is 0 Å². The van der Waals surface area contributed by atoms with Gasteiger partial charge in [-0.15, -0.1) is 0 Å². The van der Waals surface area contributed by atoms with E-state index < -0.39 is 26.6 Å². The van der Waals surface area contributed by atoms with Gasteiger partial charge < -0.3 is 0 Å². The van der Waals surface area contributed by atoms with E-state index in [0.717, 1.165) is 12.1 Å². The van der Waals surface area contributed by atoms with E-state index in [1.165, 1.54) is 6.92 Å². The maximum atomic E-state index is 12.8. The molecule has 0 heterocycles. The fourth-order valence-corrected chi connectivity index (χ4v) is 1.54. The summed E-state index contributed by atoms with van der Waals surface area (Å²) in [6.07, 6.45) is 0. The predicted molar refractivity (Wildman–Crippen MR) is 52.3 cm³/mol. The topological polar surface area (TPSA) is 54.4 Å². The summed E-state index contributed by atoms with van der Waals surface area (Å²) in [7, 11) is -4.83. The number of halogens is 2. The Hall–Kier alpha value is -1.01. The fourth-order valence-electron chi connectivity index (χ4n) is 0.933. The van der Waals surface area contributed by atoms with E-state index in [-0.39, 0.29) is 5.56 Å². The molecule has 0 atom stereocenters. The van der Waals surface area contributed by atoms with Crippen molar-refractivity contribution in [3.63, 3.8) is 0 Å². The SMILES string of the molecule is CC.Cc1cc(F)c(S(=O)(=O)O)c(F)c1. The third kappa shape index (κ3) is 3.56. The summed E-state index contributed by atoms with van der Waals surface area (Å²) >= 11 is 0. The van der Waals surface area contributed by atoms with Crippen LogP contribution in [0.15, 0.2) is 17.0 Å². The zero-order valence-electron chi connectivity index (χ0n) is 8.58. The van der Waals surface area contributed by atoms with Crippen LogP contribution in [0.5, 0.6) is 0 Å². The summed E-state index contributed by atoms with van der Waals surface area (Å²) in [4.78, 5) is -1.31. The van der Waals surface area contributed by atoms with Crippen molar-refractivity contribution < 1.29 is 21.8 Å². The fraction of sp³-hybridized carbons (Fsp3) is 0.333. The number of benzene rings is 1. The molecule has 3 nitrogen and oxygen atoms in total. The van der Waals surface area contributed by atoms with Gasteiger partial charge in [-0.05, 0) is 24.6 Å². The molecule has 0 amide bonds. The van der Waals surface area contributed by atoms with Gasteiger partial charge in [-0.1, -0.05) is 13.8 Å². The summed E-state index contributed by atoms with van der Waals surface area (Å²) < 4.78 is 55.0. The van der Waals surface area contributed by atoms with Crippen molar-refractivity contribution in [2.45, 2.75) is 25.7 Å². The molecule has 1 N–H and O–H groups in total. The van der Waals surface area contributed by atoms with Gasteiger partial charge in [-0.3, -0.25) is 4.55 Å². The Bertz CT molecular complexity index is 418. The summed E-state index contributed by atoms with van der Waals surface area (Å²) in [6, 6.07) is 1.65. The molecule has 0 radical (unpaired) electrons. The lowest BCUT2D eigenvalue weighted by atomic mass is 10.2. The average Bonchev–Trinajstić information content (AvgIpc) is 2.02. The van der Waals surface area contributed by atoms with Crippen molar-refractivity contribution >= 4 is 10.1 Å². The second kappa shape index (κ2) is 5.18. The van der Waals surface area contributed by atoms with Crippen LogP contribution in [0.2, 0.25) is 0 Å². The van der Waals surface area contributed by atoms with Gasteiger partial charge in [0.05, 0.1) is 0 Å². The third-order valence-corrected chi connectivity index (χ3v) is 2.31. The van der Waals surface area contributed by atoms with Crippen LogP contribution in [-0.4, -0.2) is 13.0 Å². The maximum absolute atomic E-state index is 12.8. The van der Waals surface area contributed by atoms with E-state index in [0.29, 0.717) is 0 Å². The van der Waals surface area contributed by atoms with Crippen molar-refractivity contribution in [1.29, 1.82) is 0 Å². The van der Waals surface area contributed by atoms with Crippen LogP contribution in [0.1, 0.15) is 19.4 Å². The molecule has 0 aliphatic rings. The van der Waals surface area contributed by atoms with Crippen LogP contribution in [-0.2, 0) is 10.1 Å². The molecule has 1 aromatic rings. The van der Waals surface area contributed by atoms with E-state index >= 15 is 0 Å². The zero-order chi connectivity index (χ0) is 12.2. The largest absolute Gasteiger partial charge is 0.300 e. The molecule has 0 unspecified atom stereocenters. The Morgan fingerprint density at radius 1 is 1.13 bits per heavy atom. The van der Waals surface area contributed by atoms with Crippen LogP contribution in [0.3, 0.4) is 0 Å². The van der Waals surface area contributed by atoms with Gasteiger partial charge in [-0.2, -0.15) is 8.42 Å². The lowest BCUT2D eigenvalue weighted by Gasteiger charge is -2.01. The predicted octanol–water partition coefficient (Wildman–Crippen LogP) is 2.55. The molecular weight excluding hydrogens is 226 g/mol. The molecule has 0 spiro atoms. The number of hydrogen-bond acceptors (Lipinski definition) is 2. The Morgan fingerprint density at radius 2 is 1.47 bits per heavy atom. The van der Waals surface area contributed by atoms with E-state index in [4.69, 9.17) is 4.55 Å². The monoisotopic (exact) mass is 238 g/mol. The van der Waals surface area contributed by atoms with Crippen LogP contribution < -0.4 is 0 Å².